The Morgan fingerprint density at radius 2 is 2.08 bits per heavy atom. The monoisotopic (exact) mass is 336 g/mol. The van der Waals surface area contributed by atoms with Crippen LogP contribution in [0.1, 0.15) is 18.4 Å². The van der Waals surface area contributed by atoms with Gasteiger partial charge in [0.1, 0.15) is 5.75 Å². The van der Waals surface area contributed by atoms with Crippen LogP contribution in [0, 0.1) is 12.8 Å². The van der Waals surface area contributed by atoms with E-state index in [0.29, 0.717) is 24.7 Å². The molecule has 1 fully saturated rings. The molecule has 1 aliphatic rings. The number of nitrogens with one attached hydrogen (secondary N) is 1. The fourth-order valence-corrected chi connectivity index (χ4v) is 2.57. The van der Waals surface area contributed by atoms with Crippen LogP contribution < -0.4 is 15.8 Å². The molecular weight excluding hydrogens is 312 g/mol. The Kier molecular flexibility index (Phi) is 6.57. The summed E-state index contributed by atoms with van der Waals surface area (Å²) in [6.45, 7) is 2.99. The molecule has 0 radical (unpaired) electrons. The average molecular weight is 336 g/mol. The third-order valence-corrected chi connectivity index (χ3v) is 4.12. The zero-order valence-electron chi connectivity index (χ0n) is 14.0. The van der Waals surface area contributed by atoms with Crippen LogP contribution in [0.4, 0.5) is 5.69 Å². The van der Waals surface area contributed by atoms with Crippen LogP contribution in [0.5, 0.6) is 5.75 Å². The topological polar surface area (TPSA) is 99.9 Å². The number of aryl methyl sites for hydroxylation is 1. The molecular formula is C17H24N2O5. The Morgan fingerprint density at radius 3 is 2.71 bits per heavy atom. The molecule has 2 rings (SSSR count). The molecule has 1 saturated heterocycles. The van der Waals surface area contributed by atoms with Crippen molar-refractivity contribution in [3.8, 4) is 5.75 Å². The predicted octanol–water partition coefficient (Wildman–Crippen LogP) is 1.24. The van der Waals surface area contributed by atoms with Crippen molar-refractivity contribution < 1.29 is 23.8 Å². The number of nitrogens with two attached hydrogens (primary N) is 1. The average Bonchev–Trinajstić information content (AvgIpc) is 2.61. The minimum atomic E-state index is -0.552. The Balaban J connectivity index is 1.94. The SMILES string of the molecule is COC(=O)COc1ccc(NC(=O)C(N)C2CCOCC2)c(C)c1. The first kappa shape index (κ1) is 18.2. The fourth-order valence-electron chi connectivity index (χ4n) is 2.57. The van der Waals surface area contributed by atoms with Gasteiger partial charge in [-0.2, -0.15) is 0 Å². The molecule has 1 atom stereocenters. The van der Waals surface area contributed by atoms with E-state index in [1.807, 2.05) is 6.92 Å². The first-order valence-corrected chi connectivity index (χ1v) is 7.95. The third-order valence-electron chi connectivity index (χ3n) is 4.12. The molecule has 24 heavy (non-hydrogen) atoms. The number of hydrogen-bond acceptors (Lipinski definition) is 6. The van der Waals surface area contributed by atoms with E-state index in [9.17, 15) is 9.59 Å². The van der Waals surface area contributed by atoms with Gasteiger partial charge in [-0.1, -0.05) is 0 Å². The summed E-state index contributed by atoms with van der Waals surface area (Å²) in [6.07, 6.45) is 1.60. The zero-order chi connectivity index (χ0) is 17.5. The van der Waals surface area contributed by atoms with Crippen molar-refractivity contribution >= 4 is 17.6 Å². The van der Waals surface area contributed by atoms with Gasteiger partial charge < -0.3 is 25.3 Å². The lowest BCUT2D eigenvalue weighted by Gasteiger charge is -2.27. The summed E-state index contributed by atoms with van der Waals surface area (Å²) in [5, 5.41) is 2.86. The number of carbonyl (C=O) groups is 2. The maximum Gasteiger partial charge on any atom is 0.343 e. The first-order valence-electron chi connectivity index (χ1n) is 7.95. The predicted molar refractivity (Wildman–Crippen MR) is 88.8 cm³/mol. The number of anilines is 1. The molecule has 1 heterocycles. The highest BCUT2D eigenvalue weighted by Gasteiger charge is 2.26. The molecule has 1 aromatic carbocycles. The van der Waals surface area contributed by atoms with E-state index in [0.717, 1.165) is 18.4 Å². The molecule has 1 aliphatic heterocycles. The second kappa shape index (κ2) is 8.65. The van der Waals surface area contributed by atoms with Gasteiger partial charge in [-0.15, -0.1) is 0 Å². The second-order valence-corrected chi connectivity index (χ2v) is 5.81. The standard InChI is InChI=1S/C17H24N2O5/c1-11-9-13(24-10-15(20)22-2)3-4-14(11)19-17(21)16(18)12-5-7-23-8-6-12/h3-4,9,12,16H,5-8,10,18H2,1-2H3,(H,19,21). The molecule has 1 amide bonds. The van der Waals surface area contributed by atoms with Gasteiger partial charge in [0.2, 0.25) is 5.91 Å². The van der Waals surface area contributed by atoms with Crippen molar-refractivity contribution in [2.24, 2.45) is 11.7 Å². The molecule has 7 nitrogen and oxygen atoms in total. The number of rotatable bonds is 6. The summed E-state index contributed by atoms with van der Waals surface area (Å²) in [5.74, 6) is 0.0204. The van der Waals surface area contributed by atoms with Gasteiger partial charge in [0.25, 0.3) is 0 Å². The summed E-state index contributed by atoms with van der Waals surface area (Å²) in [4.78, 5) is 23.4. The second-order valence-electron chi connectivity index (χ2n) is 5.81. The van der Waals surface area contributed by atoms with Crippen LogP contribution in [-0.2, 0) is 19.1 Å². The molecule has 3 N–H and O–H groups in total. The van der Waals surface area contributed by atoms with Crippen molar-refractivity contribution in [2.75, 3.05) is 32.2 Å². The van der Waals surface area contributed by atoms with Crippen molar-refractivity contribution in [3.05, 3.63) is 23.8 Å². The summed E-state index contributed by atoms with van der Waals surface area (Å²) in [5.41, 5.74) is 7.57. The molecule has 1 unspecified atom stereocenters. The zero-order valence-corrected chi connectivity index (χ0v) is 14.0. The quantitative estimate of drug-likeness (QED) is 0.758. The van der Waals surface area contributed by atoms with Crippen molar-refractivity contribution in [1.29, 1.82) is 0 Å². The third kappa shape index (κ3) is 4.94. The number of benzene rings is 1. The summed E-state index contributed by atoms with van der Waals surface area (Å²) < 4.78 is 15.1. The van der Waals surface area contributed by atoms with Gasteiger partial charge in [0.15, 0.2) is 6.61 Å². The summed E-state index contributed by atoms with van der Waals surface area (Å²) in [7, 11) is 1.30. The van der Waals surface area contributed by atoms with Gasteiger partial charge >= 0.3 is 5.97 Å². The molecule has 7 heteroatoms. The lowest BCUT2D eigenvalue weighted by Crippen LogP contribution is -2.44. The number of ether oxygens (including phenoxy) is 3. The van der Waals surface area contributed by atoms with E-state index < -0.39 is 12.0 Å². The highest BCUT2D eigenvalue weighted by Crippen LogP contribution is 2.23. The lowest BCUT2D eigenvalue weighted by molar-refractivity contribution is -0.142. The van der Waals surface area contributed by atoms with Gasteiger partial charge in [0.05, 0.1) is 13.2 Å². The van der Waals surface area contributed by atoms with E-state index in [4.69, 9.17) is 15.2 Å². The minimum absolute atomic E-state index is 0.140. The van der Waals surface area contributed by atoms with E-state index in [2.05, 4.69) is 10.1 Å². The van der Waals surface area contributed by atoms with Crippen LogP contribution in [0.15, 0.2) is 18.2 Å². The summed E-state index contributed by atoms with van der Waals surface area (Å²) >= 11 is 0. The molecule has 132 valence electrons. The summed E-state index contributed by atoms with van der Waals surface area (Å²) in [6, 6.07) is 4.61. The van der Waals surface area contributed by atoms with Crippen molar-refractivity contribution in [1.82, 2.24) is 0 Å². The highest BCUT2D eigenvalue weighted by molar-refractivity contribution is 5.95. The molecule has 0 aliphatic carbocycles. The first-order chi connectivity index (χ1) is 11.5. The Bertz CT molecular complexity index is 584. The fraction of sp³-hybridized carbons (Fsp3) is 0.529. The molecule has 0 aromatic heterocycles. The number of carbonyl (C=O) groups excluding carboxylic acids is 2. The van der Waals surface area contributed by atoms with Crippen LogP contribution in [0.25, 0.3) is 0 Å². The van der Waals surface area contributed by atoms with Crippen LogP contribution in [-0.4, -0.2) is 44.8 Å². The van der Waals surface area contributed by atoms with Gasteiger partial charge in [-0.05, 0) is 49.4 Å². The van der Waals surface area contributed by atoms with E-state index in [-0.39, 0.29) is 18.4 Å². The smallest absolute Gasteiger partial charge is 0.343 e. The van der Waals surface area contributed by atoms with Crippen LogP contribution in [0.3, 0.4) is 0 Å². The number of amides is 1. The molecule has 1 aromatic rings. The normalized spacial score (nSPS) is 16.3. The maximum absolute atomic E-state index is 12.3. The number of esters is 1. The Hall–Kier alpha value is -2.12. The van der Waals surface area contributed by atoms with E-state index in [1.165, 1.54) is 7.11 Å². The number of hydrogen-bond donors (Lipinski definition) is 2. The van der Waals surface area contributed by atoms with Crippen LogP contribution >= 0.6 is 0 Å². The highest BCUT2D eigenvalue weighted by atomic mass is 16.6. The largest absolute Gasteiger partial charge is 0.482 e. The molecule has 0 bridgehead atoms. The van der Waals surface area contributed by atoms with Gasteiger partial charge in [0, 0.05) is 18.9 Å². The molecule has 0 spiro atoms. The lowest BCUT2D eigenvalue weighted by atomic mass is 9.92. The van der Waals surface area contributed by atoms with Crippen molar-refractivity contribution in [3.63, 3.8) is 0 Å². The maximum atomic E-state index is 12.3. The molecule has 0 saturated carbocycles. The van der Waals surface area contributed by atoms with Crippen molar-refractivity contribution in [2.45, 2.75) is 25.8 Å². The van der Waals surface area contributed by atoms with E-state index >= 15 is 0 Å². The Morgan fingerprint density at radius 1 is 1.38 bits per heavy atom. The van der Waals surface area contributed by atoms with E-state index in [1.54, 1.807) is 18.2 Å². The number of methoxy groups -OCH3 is 1. The Labute approximate surface area is 141 Å². The van der Waals surface area contributed by atoms with Gasteiger partial charge in [-0.3, -0.25) is 4.79 Å². The van der Waals surface area contributed by atoms with Gasteiger partial charge in [-0.25, -0.2) is 4.79 Å². The van der Waals surface area contributed by atoms with Crippen LogP contribution in [0.2, 0.25) is 0 Å². The minimum Gasteiger partial charge on any atom is -0.482 e.